The Morgan fingerprint density at radius 3 is 3.17 bits per heavy atom. The largest absolute Gasteiger partial charge is 0.379 e. The van der Waals surface area contributed by atoms with Crippen LogP contribution in [0.2, 0.25) is 0 Å². The van der Waals surface area contributed by atoms with Crippen LogP contribution in [0.4, 0.5) is 0 Å². The lowest BCUT2D eigenvalue weighted by Crippen LogP contribution is -2.26. The summed E-state index contributed by atoms with van der Waals surface area (Å²) in [5.41, 5.74) is 0. The fourth-order valence-corrected chi connectivity index (χ4v) is 2.34. The maximum Gasteiger partial charge on any atom is 0.261 e. The Balaban J connectivity index is 1.80. The average molecular weight is 266 g/mol. The first-order valence-electron chi connectivity index (χ1n) is 5.48. The van der Waals surface area contributed by atoms with E-state index in [2.05, 4.69) is 15.4 Å². The van der Waals surface area contributed by atoms with E-state index in [4.69, 9.17) is 4.74 Å². The van der Waals surface area contributed by atoms with Gasteiger partial charge in [-0.05, 0) is 12.1 Å². The molecule has 0 unspecified atom stereocenters. The smallest absolute Gasteiger partial charge is 0.261 e. The van der Waals surface area contributed by atoms with Crippen LogP contribution in [0.15, 0.2) is 24.8 Å². The van der Waals surface area contributed by atoms with Crippen LogP contribution in [0.1, 0.15) is 14.5 Å². The monoisotopic (exact) mass is 266 g/mol. The van der Waals surface area contributed by atoms with E-state index in [0.29, 0.717) is 24.6 Å². The number of hydrogen-bond acceptors (Lipinski definition) is 5. The van der Waals surface area contributed by atoms with Gasteiger partial charge in [0.25, 0.3) is 5.91 Å². The second-order valence-electron chi connectivity index (χ2n) is 3.61. The second kappa shape index (κ2) is 6.27. The first-order chi connectivity index (χ1) is 8.79. The third-order valence-corrected chi connectivity index (χ3v) is 3.32. The molecule has 96 valence electrons. The van der Waals surface area contributed by atoms with Gasteiger partial charge in [-0.2, -0.15) is 5.10 Å². The third kappa shape index (κ3) is 3.38. The van der Waals surface area contributed by atoms with Gasteiger partial charge in [-0.15, -0.1) is 11.3 Å². The number of methoxy groups -OCH3 is 1. The van der Waals surface area contributed by atoms with Crippen LogP contribution < -0.4 is 5.32 Å². The molecule has 7 heteroatoms. The number of rotatable bonds is 6. The van der Waals surface area contributed by atoms with Gasteiger partial charge in [0, 0.05) is 18.5 Å². The molecule has 2 aromatic rings. The zero-order valence-corrected chi connectivity index (χ0v) is 10.8. The molecular formula is C11H14N4O2S. The number of nitrogens with zero attached hydrogens (tertiary/aromatic N) is 3. The highest BCUT2D eigenvalue weighted by molar-refractivity contribution is 7.14. The molecule has 18 heavy (non-hydrogen) atoms. The van der Waals surface area contributed by atoms with Crippen LogP contribution in [0, 0.1) is 0 Å². The van der Waals surface area contributed by atoms with Crippen LogP contribution in [0.3, 0.4) is 0 Å². The SMILES string of the molecule is COCc1ccc(C(=O)NCCn2cncn2)s1. The lowest BCUT2D eigenvalue weighted by molar-refractivity contribution is 0.0956. The minimum Gasteiger partial charge on any atom is -0.379 e. The summed E-state index contributed by atoms with van der Waals surface area (Å²) in [4.78, 5) is 17.4. The number of ether oxygens (including phenoxy) is 1. The van der Waals surface area contributed by atoms with Crippen molar-refractivity contribution in [2.45, 2.75) is 13.2 Å². The molecule has 0 saturated carbocycles. The highest BCUT2D eigenvalue weighted by Gasteiger charge is 2.08. The molecule has 0 aromatic carbocycles. The first kappa shape index (κ1) is 12.7. The Labute approximate surface area is 109 Å². The van der Waals surface area contributed by atoms with Crippen molar-refractivity contribution in [2.75, 3.05) is 13.7 Å². The Morgan fingerprint density at radius 2 is 2.44 bits per heavy atom. The summed E-state index contributed by atoms with van der Waals surface area (Å²) < 4.78 is 6.68. The standard InChI is InChI=1S/C11H14N4O2S/c1-17-6-9-2-3-10(18-9)11(16)13-4-5-15-8-12-7-14-15/h2-3,7-8H,4-6H2,1H3,(H,13,16). The van der Waals surface area contributed by atoms with Crippen molar-refractivity contribution < 1.29 is 9.53 Å². The molecule has 0 bridgehead atoms. The fraction of sp³-hybridized carbons (Fsp3) is 0.364. The van der Waals surface area contributed by atoms with Crippen molar-refractivity contribution in [3.63, 3.8) is 0 Å². The highest BCUT2D eigenvalue weighted by atomic mass is 32.1. The van der Waals surface area contributed by atoms with E-state index >= 15 is 0 Å². The molecule has 0 aliphatic heterocycles. The topological polar surface area (TPSA) is 69.0 Å². The molecule has 0 aliphatic rings. The van der Waals surface area contributed by atoms with Crippen LogP contribution in [0.5, 0.6) is 0 Å². The number of carbonyl (C=O) groups is 1. The van der Waals surface area contributed by atoms with E-state index in [1.54, 1.807) is 18.1 Å². The van der Waals surface area contributed by atoms with E-state index in [9.17, 15) is 4.79 Å². The van der Waals surface area contributed by atoms with Crippen molar-refractivity contribution in [1.29, 1.82) is 0 Å². The van der Waals surface area contributed by atoms with Gasteiger partial charge in [-0.1, -0.05) is 0 Å². The van der Waals surface area contributed by atoms with Gasteiger partial charge in [-0.3, -0.25) is 9.48 Å². The molecule has 0 spiro atoms. The average Bonchev–Trinajstić information content (AvgIpc) is 3.00. The normalized spacial score (nSPS) is 10.5. The third-order valence-electron chi connectivity index (χ3n) is 2.27. The van der Waals surface area contributed by atoms with Crippen LogP contribution >= 0.6 is 11.3 Å². The van der Waals surface area contributed by atoms with E-state index in [0.717, 1.165) is 4.88 Å². The maximum absolute atomic E-state index is 11.8. The molecular weight excluding hydrogens is 252 g/mol. The Hall–Kier alpha value is -1.73. The lowest BCUT2D eigenvalue weighted by Gasteiger charge is -2.03. The number of aromatic nitrogens is 3. The number of amides is 1. The summed E-state index contributed by atoms with van der Waals surface area (Å²) >= 11 is 1.44. The van der Waals surface area contributed by atoms with Crippen LogP contribution in [0.25, 0.3) is 0 Å². The van der Waals surface area contributed by atoms with Gasteiger partial charge in [0.05, 0.1) is 18.0 Å². The quantitative estimate of drug-likeness (QED) is 0.844. The number of nitrogens with one attached hydrogen (secondary N) is 1. The molecule has 2 rings (SSSR count). The van der Waals surface area contributed by atoms with Gasteiger partial charge in [0.15, 0.2) is 0 Å². The molecule has 2 aromatic heterocycles. The van der Waals surface area contributed by atoms with E-state index in [-0.39, 0.29) is 5.91 Å². The fourth-order valence-electron chi connectivity index (χ4n) is 1.44. The van der Waals surface area contributed by atoms with Gasteiger partial charge < -0.3 is 10.1 Å². The van der Waals surface area contributed by atoms with Crippen molar-refractivity contribution in [3.8, 4) is 0 Å². The van der Waals surface area contributed by atoms with Crippen molar-refractivity contribution in [2.24, 2.45) is 0 Å². The molecule has 2 heterocycles. The van der Waals surface area contributed by atoms with E-state index in [1.807, 2.05) is 12.1 Å². The predicted molar refractivity (Wildman–Crippen MR) is 67.4 cm³/mol. The molecule has 0 atom stereocenters. The summed E-state index contributed by atoms with van der Waals surface area (Å²) in [7, 11) is 1.64. The molecule has 1 amide bonds. The van der Waals surface area contributed by atoms with Gasteiger partial charge in [-0.25, -0.2) is 4.98 Å². The molecule has 0 saturated heterocycles. The van der Waals surface area contributed by atoms with E-state index < -0.39 is 0 Å². The molecule has 0 radical (unpaired) electrons. The molecule has 6 nitrogen and oxygen atoms in total. The van der Waals surface area contributed by atoms with Crippen LogP contribution in [-0.2, 0) is 17.9 Å². The molecule has 1 N–H and O–H groups in total. The Bertz CT molecular complexity index is 495. The Kier molecular flexibility index (Phi) is 4.43. The zero-order chi connectivity index (χ0) is 12.8. The Morgan fingerprint density at radius 1 is 1.56 bits per heavy atom. The number of carbonyl (C=O) groups excluding carboxylic acids is 1. The van der Waals surface area contributed by atoms with Crippen molar-refractivity contribution >= 4 is 17.2 Å². The molecule has 0 fully saturated rings. The predicted octanol–water partition coefficient (Wildman–Crippen LogP) is 0.916. The summed E-state index contributed by atoms with van der Waals surface area (Å²) in [6.45, 7) is 1.68. The van der Waals surface area contributed by atoms with Gasteiger partial charge in [0.1, 0.15) is 12.7 Å². The minimum atomic E-state index is -0.0672. The van der Waals surface area contributed by atoms with E-state index in [1.165, 1.54) is 17.7 Å². The summed E-state index contributed by atoms with van der Waals surface area (Å²) in [6.07, 6.45) is 3.09. The lowest BCUT2D eigenvalue weighted by atomic mass is 10.4. The zero-order valence-electron chi connectivity index (χ0n) is 10.00. The minimum absolute atomic E-state index is 0.0672. The van der Waals surface area contributed by atoms with Crippen LogP contribution in [-0.4, -0.2) is 34.3 Å². The number of hydrogen-bond donors (Lipinski definition) is 1. The molecule has 0 aliphatic carbocycles. The van der Waals surface area contributed by atoms with Crippen molar-refractivity contribution in [1.82, 2.24) is 20.1 Å². The summed E-state index contributed by atoms with van der Waals surface area (Å²) in [5.74, 6) is -0.0672. The van der Waals surface area contributed by atoms with Crippen molar-refractivity contribution in [3.05, 3.63) is 34.5 Å². The number of thiophene rings is 1. The van der Waals surface area contributed by atoms with Gasteiger partial charge >= 0.3 is 0 Å². The summed E-state index contributed by atoms with van der Waals surface area (Å²) in [5, 5.41) is 6.79. The second-order valence-corrected chi connectivity index (χ2v) is 4.78. The maximum atomic E-state index is 11.8. The first-order valence-corrected chi connectivity index (χ1v) is 6.29. The van der Waals surface area contributed by atoms with Gasteiger partial charge in [0.2, 0.25) is 0 Å². The highest BCUT2D eigenvalue weighted by Crippen LogP contribution is 2.16. The summed E-state index contributed by atoms with van der Waals surface area (Å²) in [6, 6.07) is 3.71.